The number of carbonyl (C=O) groups excluding carboxylic acids is 2. The van der Waals surface area contributed by atoms with Crippen molar-refractivity contribution in [1.82, 2.24) is 9.80 Å². The van der Waals surface area contributed by atoms with Gasteiger partial charge in [0, 0.05) is 26.6 Å². The van der Waals surface area contributed by atoms with E-state index in [9.17, 15) is 14.4 Å². The van der Waals surface area contributed by atoms with Crippen molar-refractivity contribution < 1.29 is 23.9 Å². The number of benzene rings is 1. The van der Waals surface area contributed by atoms with Gasteiger partial charge in [-0.2, -0.15) is 0 Å². The third-order valence-electron chi connectivity index (χ3n) is 4.49. The Kier molecular flexibility index (Phi) is 5.06. The lowest BCUT2D eigenvalue weighted by molar-refractivity contribution is -0.135. The molecule has 1 aromatic carbocycles. The summed E-state index contributed by atoms with van der Waals surface area (Å²) in [5.74, 6) is -0.817. The number of amides is 2. The molecule has 3 rings (SSSR count). The minimum atomic E-state index is -0.984. The third kappa shape index (κ3) is 3.93. The van der Waals surface area contributed by atoms with Crippen molar-refractivity contribution in [3.63, 3.8) is 0 Å². The summed E-state index contributed by atoms with van der Waals surface area (Å²) in [7, 11) is 1.69. The van der Waals surface area contributed by atoms with E-state index in [1.54, 1.807) is 47.4 Å². The van der Waals surface area contributed by atoms with Crippen molar-refractivity contribution in [2.75, 3.05) is 13.6 Å². The maximum absolute atomic E-state index is 12.6. The Balaban J connectivity index is 1.58. The number of hydrogen-bond donors (Lipinski definition) is 1. The molecule has 1 fully saturated rings. The molecule has 1 aromatic heterocycles. The number of rotatable bonds is 6. The van der Waals surface area contributed by atoms with E-state index >= 15 is 0 Å². The molecular formula is C19H20N2O5. The zero-order chi connectivity index (χ0) is 18.7. The Labute approximate surface area is 150 Å². The van der Waals surface area contributed by atoms with Crippen molar-refractivity contribution >= 4 is 17.8 Å². The van der Waals surface area contributed by atoms with Gasteiger partial charge in [-0.15, -0.1) is 0 Å². The van der Waals surface area contributed by atoms with Crippen molar-refractivity contribution in [2.45, 2.75) is 19.5 Å². The van der Waals surface area contributed by atoms with Crippen LogP contribution in [-0.4, -0.2) is 46.3 Å². The van der Waals surface area contributed by atoms with E-state index in [0.29, 0.717) is 25.4 Å². The molecule has 2 aromatic rings. The molecule has 0 bridgehead atoms. The monoisotopic (exact) mass is 356 g/mol. The van der Waals surface area contributed by atoms with Crippen molar-refractivity contribution in [1.29, 1.82) is 0 Å². The van der Waals surface area contributed by atoms with Crippen LogP contribution in [0.1, 0.15) is 28.1 Å². The highest BCUT2D eigenvalue weighted by Crippen LogP contribution is 2.22. The van der Waals surface area contributed by atoms with Crippen LogP contribution in [0.25, 0.3) is 0 Å². The van der Waals surface area contributed by atoms with Crippen LogP contribution in [0.2, 0.25) is 0 Å². The van der Waals surface area contributed by atoms with Crippen LogP contribution in [0.3, 0.4) is 0 Å². The molecular weight excluding hydrogens is 336 g/mol. The van der Waals surface area contributed by atoms with Gasteiger partial charge in [-0.3, -0.25) is 9.59 Å². The van der Waals surface area contributed by atoms with Crippen molar-refractivity contribution in [2.24, 2.45) is 5.92 Å². The standard InChI is InChI=1S/C19H20N2O5/c1-20(10-13-4-6-14(7-5-13)19(24)25)18(23)15-9-17(22)21(11-15)12-16-3-2-8-26-16/h2-8,15H,9-12H2,1H3,(H,24,25)/t15-/m0/s1. The average Bonchev–Trinajstić information content (AvgIpc) is 3.25. The van der Waals surface area contributed by atoms with Gasteiger partial charge in [0.2, 0.25) is 11.8 Å². The van der Waals surface area contributed by atoms with Crippen LogP contribution in [0, 0.1) is 5.92 Å². The molecule has 26 heavy (non-hydrogen) atoms. The van der Waals surface area contributed by atoms with Gasteiger partial charge in [-0.05, 0) is 29.8 Å². The van der Waals surface area contributed by atoms with Gasteiger partial charge >= 0.3 is 5.97 Å². The Morgan fingerprint density at radius 1 is 1.27 bits per heavy atom. The zero-order valence-corrected chi connectivity index (χ0v) is 14.4. The number of carboxylic acid groups (broad SMARTS) is 1. The number of furan rings is 1. The van der Waals surface area contributed by atoms with E-state index in [1.165, 1.54) is 12.1 Å². The molecule has 0 unspecified atom stereocenters. The van der Waals surface area contributed by atoms with Crippen LogP contribution >= 0.6 is 0 Å². The number of carboxylic acids is 1. The number of carbonyl (C=O) groups is 3. The van der Waals surface area contributed by atoms with Gasteiger partial charge in [-0.25, -0.2) is 4.79 Å². The van der Waals surface area contributed by atoms with Crippen LogP contribution in [0.15, 0.2) is 47.1 Å². The summed E-state index contributed by atoms with van der Waals surface area (Å²) in [6, 6.07) is 9.98. The normalized spacial score (nSPS) is 16.7. The van der Waals surface area contributed by atoms with E-state index in [0.717, 1.165) is 5.56 Å². The number of nitrogens with zero attached hydrogens (tertiary/aromatic N) is 2. The van der Waals surface area contributed by atoms with Gasteiger partial charge in [0.1, 0.15) is 5.76 Å². The van der Waals surface area contributed by atoms with Crippen LogP contribution in [-0.2, 0) is 22.7 Å². The maximum atomic E-state index is 12.6. The van der Waals surface area contributed by atoms with Crippen LogP contribution < -0.4 is 0 Å². The van der Waals surface area contributed by atoms with E-state index in [1.807, 2.05) is 0 Å². The number of likely N-dealkylation sites (tertiary alicyclic amines) is 1. The molecule has 1 N–H and O–H groups in total. The second-order valence-corrected chi connectivity index (χ2v) is 6.45. The molecule has 7 heteroatoms. The Hall–Kier alpha value is -3.09. The molecule has 1 saturated heterocycles. The molecule has 0 saturated carbocycles. The SMILES string of the molecule is CN(Cc1ccc(C(=O)O)cc1)C(=O)[C@H]1CC(=O)N(Cc2ccco2)C1. The lowest BCUT2D eigenvalue weighted by Crippen LogP contribution is -2.34. The largest absolute Gasteiger partial charge is 0.478 e. The van der Waals surface area contributed by atoms with Gasteiger partial charge in [-0.1, -0.05) is 12.1 Å². The smallest absolute Gasteiger partial charge is 0.335 e. The fraction of sp³-hybridized carbons (Fsp3) is 0.316. The summed E-state index contributed by atoms with van der Waals surface area (Å²) >= 11 is 0. The van der Waals surface area contributed by atoms with E-state index in [-0.39, 0.29) is 29.7 Å². The lowest BCUT2D eigenvalue weighted by Gasteiger charge is -2.21. The van der Waals surface area contributed by atoms with E-state index in [4.69, 9.17) is 9.52 Å². The second-order valence-electron chi connectivity index (χ2n) is 6.45. The topological polar surface area (TPSA) is 91.1 Å². The minimum absolute atomic E-state index is 0.0565. The fourth-order valence-electron chi connectivity index (χ4n) is 3.10. The molecule has 7 nitrogen and oxygen atoms in total. The number of aromatic carboxylic acids is 1. The zero-order valence-electron chi connectivity index (χ0n) is 14.4. The molecule has 0 radical (unpaired) electrons. The predicted molar refractivity (Wildman–Crippen MR) is 92.1 cm³/mol. The summed E-state index contributed by atoms with van der Waals surface area (Å²) in [6.45, 7) is 1.11. The summed E-state index contributed by atoms with van der Waals surface area (Å²) in [5.41, 5.74) is 1.04. The van der Waals surface area contributed by atoms with Gasteiger partial charge in [0.25, 0.3) is 0 Å². The molecule has 0 aliphatic carbocycles. The first-order valence-electron chi connectivity index (χ1n) is 8.31. The van der Waals surface area contributed by atoms with E-state index in [2.05, 4.69) is 0 Å². The first-order chi connectivity index (χ1) is 12.4. The van der Waals surface area contributed by atoms with Crippen LogP contribution in [0.4, 0.5) is 0 Å². The maximum Gasteiger partial charge on any atom is 0.335 e. The fourth-order valence-corrected chi connectivity index (χ4v) is 3.10. The summed E-state index contributed by atoms with van der Waals surface area (Å²) < 4.78 is 5.26. The molecule has 2 amide bonds. The Morgan fingerprint density at radius 2 is 2.00 bits per heavy atom. The summed E-state index contributed by atoms with van der Waals surface area (Å²) in [5, 5.41) is 8.92. The molecule has 2 heterocycles. The molecule has 0 spiro atoms. The third-order valence-corrected chi connectivity index (χ3v) is 4.49. The summed E-state index contributed by atoms with van der Waals surface area (Å²) in [6.07, 6.45) is 1.75. The highest BCUT2D eigenvalue weighted by molar-refractivity contribution is 5.89. The minimum Gasteiger partial charge on any atom is -0.478 e. The predicted octanol–water partition coefficient (Wildman–Crippen LogP) is 1.98. The van der Waals surface area contributed by atoms with E-state index < -0.39 is 5.97 Å². The highest BCUT2D eigenvalue weighted by Gasteiger charge is 2.36. The second kappa shape index (κ2) is 7.43. The van der Waals surface area contributed by atoms with Gasteiger partial charge < -0.3 is 19.3 Å². The molecule has 1 aliphatic rings. The first kappa shape index (κ1) is 17.7. The highest BCUT2D eigenvalue weighted by atomic mass is 16.4. The van der Waals surface area contributed by atoms with Crippen molar-refractivity contribution in [3.8, 4) is 0 Å². The average molecular weight is 356 g/mol. The van der Waals surface area contributed by atoms with Crippen molar-refractivity contribution in [3.05, 3.63) is 59.5 Å². The molecule has 136 valence electrons. The first-order valence-corrected chi connectivity index (χ1v) is 8.31. The molecule has 1 atom stereocenters. The van der Waals surface area contributed by atoms with Gasteiger partial charge in [0.15, 0.2) is 0 Å². The number of hydrogen-bond acceptors (Lipinski definition) is 4. The Morgan fingerprint density at radius 3 is 2.62 bits per heavy atom. The quantitative estimate of drug-likeness (QED) is 0.855. The van der Waals surface area contributed by atoms with Gasteiger partial charge in [0.05, 0.1) is 24.3 Å². The molecule has 1 aliphatic heterocycles. The summed E-state index contributed by atoms with van der Waals surface area (Å²) in [4.78, 5) is 38.9. The van der Waals surface area contributed by atoms with Crippen LogP contribution in [0.5, 0.6) is 0 Å². The Bertz CT molecular complexity index is 798. The lowest BCUT2D eigenvalue weighted by atomic mass is 10.1.